The summed E-state index contributed by atoms with van der Waals surface area (Å²) in [6.07, 6.45) is -2.48. The van der Waals surface area contributed by atoms with Crippen molar-refractivity contribution in [3.63, 3.8) is 0 Å². The average Bonchev–Trinajstić information content (AvgIpc) is 2.77. The summed E-state index contributed by atoms with van der Waals surface area (Å²) >= 11 is 0. The van der Waals surface area contributed by atoms with Crippen LogP contribution in [-0.4, -0.2) is 44.4 Å². The van der Waals surface area contributed by atoms with Crippen LogP contribution < -0.4 is 10.6 Å². The van der Waals surface area contributed by atoms with Gasteiger partial charge >= 0.3 is 6.18 Å². The number of hydrogen-bond donors (Lipinski definition) is 2. The molecular formula is C11H19F3N2O2. The van der Waals surface area contributed by atoms with Gasteiger partial charge in [-0.25, -0.2) is 0 Å². The van der Waals surface area contributed by atoms with E-state index in [1.165, 1.54) is 0 Å². The zero-order valence-electron chi connectivity index (χ0n) is 10.3. The molecule has 1 saturated heterocycles. The molecule has 0 radical (unpaired) electrons. The first-order valence-corrected chi connectivity index (χ1v) is 6.04. The molecule has 2 atom stereocenters. The summed E-state index contributed by atoms with van der Waals surface area (Å²) in [5, 5.41) is 4.76. The summed E-state index contributed by atoms with van der Waals surface area (Å²) in [6.45, 7) is 2.38. The molecule has 2 unspecified atom stereocenters. The standard InChI is InChI=1S/C11H19F3N2O2/c1-8(10(17)16-7-11(12,13)14)15-4-2-9-3-5-18-6-9/h8-9,15H,2-7H2,1H3,(H,16,17). The fourth-order valence-electron chi connectivity index (χ4n) is 1.75. The normalized spacial score (nSPS) is 21.9. The molecule has 1 fully saturated rings. The van der Waals surface area contributed by atoms with Crippen molar-refractivity contribution >= 4 is 5.91 Å². The van der Waals surface area contributed by atoms with Gasteiger partial charge in [0.1, 0.15) is 6.54 Å². The fourth-order valence-corrected chi connectivity index (χ4v) is 1.75. The van der Waals surface area contributed by atoms with Crippen LogP contribution in [-0.2, 0) is 9.53 Å². The van der Waals surface area contributed by atoms with Gasteiger partial charge in [0.05, 0.1) is 6.04 Å². The third kappa shape index (κ3) is 6.20. The molecule has 0 spiro atoms. The quantitative estimate of drug-likeness (QED) is 0.757. The second kappa shape index (κ2) is 6.94. The highest BCUT2D eigenvalue weighted by Crippen LogP contribution is 2.15. The van der Waals surface area contributed by atoms with E-state index in [4.69, 9.17) is 4.74 Å². The molecule has 106 valence electrons. The summed E-state index contributed by atoms with van der Waals surface area (Å²) in [6, 6.07) is -0.616. The highest BCUT2D eigenvalue weighted by molar-refractivity contribution is 5.81. The maximum absolute atomic E-state index is 11.9. The molecule has 2 N–H and O–H groups in total. The molecule has 0 aromatic heterocycles. The molecule has 7 heteroatoms. The van der Waals surface area contributed by atoms with Crippen LogP contribution in [0.1, 0.15) is 19.8 Å². The van der Waals surface area contributed by atoms with Crippen LogP contribution in [0.25, 0.3) is 0 Å². The van der Waals surface area contributed by atoms with Gasteiger partial charge in [-0.3, -0.25) is 4.79 Å². The highest BCUT2D eigenvalue weighted by atomic mass is 19.4. The monoisotopic (exact) mass is 268 g/mol. The largest absolute Gasteiger partial charge is 0.405 e. The molecule has 1 heterocycles. The number of alkyl halides is 3. The molecular weight excluding hydrogens is 249 g/mol. The number of hydrogen-bond acceptors (Lipinski definition) is 3. The van der Waals surface area contributed by atoms with Gasteiger partial charge in [0.15, 0.2) is 0 Å². The van der Waals surface area contributed by atoms with E-state index in [0.717, 1.165) is 26.1 Å². The van der Waals surface area contributed by atoms with Gasteiger partial charge in [-0.2, -0.15) is 13.2 Å². The smallest absolute Gasteiger partial charge is 0.381 e. The maximum Gasteiger partial charge on any atom is 0.405 e. The predicted molar refractivity (Wildman–Crippen MR) is 60.1 cm³/mol. The Morgan fingerprint density at radius 2 is 2.22 bits per heavy atom. The molecule has 1 rings (SSSR count). The third-order valence-corrected chi connectivity index (χ3v) is 2.88. The van der Waals surface area contributed by atoms with Crippen LogP contribution in [0.4, 0.5) is 13.2 Å². The van der Waals surface area contributed by atoms with Crippen molar-refractivity contribution < 1.29 is 22.7 Å². The predicted octanol–water partition coefficient (Wildman–Crippen LogP) is 1.07. The van der Waals surface area contributed by atoms with E-state index >= 15 is 0 Å². The second-order valence-corrected chi connectivity index (χ2v) is 4.53. The first-order chi connectivity index (χ1) is 8.38. The van der Waals surface area contributed by atoms with Gasteiger partial charge in [-0.15, -0.1) is 0 Å². The topological polar surface area (TPSA) is 50.4 Å². The summed E-state index contributed by atoms with van der Waals surface area (Å²) < 4.78 is 40.9. The molecule has 1 aliphatic heterocycles. The maximum atomic E-state index is 11.9. The van der Waals surface area contributed by atoms with Gasteiger partial charge in [0.2, 0.25) is 5.91 Å². The van der Waals surface area contributed by atoms with E-state index in [2.05, 4.69) is 5.32 Å². The Morgan fingerprint density at radius 3 is 2.78 bits per heavy atom. The minimum Gasteiger partial charge on any atom is -0.381 e. The molecule has 0 aromatic rings. The van der Waals surface area contributed by atoms with Crippen LogP contribution >= 0.6 is 0 Å². The molecule has 1 amide bonds. The van der Waals surface area contributed by atoms with E-state index in [9.17, 15) is 18.0 Å². The van der Waals surface area contributed by atoms with E-state index in [-0.39, 0.29) is 0 Å². The lowest BCUT2D eigenvalue weighted by Gasteiger charge is -2.16. The number of ether oxygens (including phenoxy) is 1. The van der Waals surface area contributed by atoms with Crippen LogP contribution in [0.15, 0.2) is 0 Å². The second-order valence-electron chi connectivity index (χ2n) is 4.53. The lowest BCUT2D eigenvalue weighted by molar-refractivity contribution is -0.139. The van der Waals surface area contributed by atoms with Crippen LogP contribution in [0.2, 0.25) is 0 Å². The Bertz CT molecular complexity index is 266. The molecule has 18 heavy (non-hydrogen) atoms. The number of rotatable bonds is 6. The first kappa shape index (κ1) is 15.2. The molecule has 4 nitrogen and oxygen atoms in total. The van der Waals surface area contributed by atoms with E-state index in [1.807, 2.05) is 5.32 Å². The number of carbonyl (C=O) groups excluding carboxylic acids is 1. The van der Waals surface area contributed by atoms with Crippen LogP contribution in [0.5, 0.6) is 0 Å². The van der Waals surface area contributed by atoms with E-state index in [0.29, 0.717) is 12.5 Å². The van der Waals surface area contributed by atoms with Gasteiger partial charge in [0, 0.05) is 13.2 Å². The van der Waals surface area contributed by atoms with Crippen molar-refractivity contribution in [2.75, 3.05) is 26.3 Å². The zero-order chi connectivity index (χ0) is 13.6. The first-order valence-electron chi connectivity index (χ1n) is 6.04. The summed E-state index contributed by atoms with van der Waals surface area (Å²) in [7, 11) is 0. The number of carbonyl (C=O) groups is 1. The number of amides is 1. The Balaban J connectivity index is 2.11. The Hall–Kier alpha value is -0.820. The van der Waals surface area contributed by atoms with Crippen molar-refractivity contribution in [2.45, 2.75) is 32.0 Å². The summed E-state index contributed by atoms with van der Waals surface area (Å²) in [4.78, 5) is 11.3. The average molecular weight is 268 g/mol. The lowest BCUT2D eigenvalue weighted by atomic mass is 10.1. The van der Waals surface area contributed by atoms with Crippen molar-refractivity contribution in [1.82, 2.24) is 10.6 Å². The van der Waals surface area contributed by atoms with Gasteiger partial charge < -0.3 is 15.4 Å². The van der Waals surface area contributed by atoms with Gasteiger partial charge in [0.25, 0.3) is 0 Å². The SMILES string of the molecule is CC(NCCC1CCOC1)C(=O)NCC(F)(F)F. The Labute approximate surface area is 104 Å². The van der Waals surface area contributed by atoms with Crippen LogP contribution in [0.3, 0.4) is 0 Å². The highest BCUT2D eigenvalue weighted by Gasteiger charge is 2.28. The molecule has 0 bridgehead atoms. The fraction of sp³-hybridized carbons (Fsp3) is 0.909. The van der Waals surface area contributed by atoms with Crippen molar-refractivity contribution in [3.05, 3.63) is 0 Å². The van der Waals surface area contributed by atoms with Gasteiger partial charge in [-0.05, 0) is 32.2 Å². The summed E-state index contributed by atoms with van der Waals surface area (Å²) in [5.74, 6) is -0.141. The minimum atomic E-state index is -4.36. The van der Waals surface area contributed by atoms with Crippen LogP contribution in [0, 0.1) is 5.92 Å². The molecule has 1 aliphatic rings. The third-order valence-electron chi connectivity index (χ3n) is 2.88. The van der Waals surface area contributed by atoms with Crippen molar-refractivity contribution in [1.29, 1.82) is 0 Å². The number of halogens is 3. The Morgan fingerprint density at radius 1 is 1.50 bits per heavy atom. The van der Waals surface area contributed by atoms with Gasteiger partial charge in [-0.1, -0.05) is 0 Å². The van der Waals surface area contributed by atoms with Crippen molar-refractivity contribution in [2.24, 2.45) is 5.92 Å². The molecule has 0 saturated carbocycles. The molecule has 0 aliphatic carbocycles. The zero-order valence-corrected chi connectivity index (χ0v) is 10.3. The lowest BCUT2D eigenvalue weighted by Crippen LogP contribution is -2.45. The minimum absolute atomic E-state index is 0.489. The van der Waals surface area contributed by atoms with Crippen molar-refractivity contribution in [3.8, 4) is 0 Å². The Kier molecular flexibility index (Phi) is 5.87. The van der Waals surface area contributed by atoms with E-state index < -0.39 is 24.7 Å². The summed E-state index contributed by atoms with van der Waals surface area (Å²) in [5.41, 5.74) is 0. The van der Waals surface area contributed by atoms with E-state index in [1.54, 1.807) is 6.92 Å². The number of nitrogens with one attached hydrogen (secondary N) is 2. The molecule has 0 aromatic carbocycles.